The third kappa shape index (κ3) is 4.37. The van der Waals surface area contributed by atoms with Gasteiger partial charge in [-0.15, -0.1) is 0 Å². The van der Waals surface area contributed by atoms with Gasteiger partial charge in [-0.1, -0.05) is 0 Å². The first-order valence-corrected chi connectivity index (χ1v) is 7.71. The molecule has 1 fully saturated rings. The molecule has 1 heterocycles. The van der Waals surface area contributed by atoms with Crippen LogP contribution in [0.5, 0.6) is 11.5 Å². The van der Waals surface area contributed by atoms with Crippen LogP contribution in [0.15, 0.2) is 18.2 Å². The van der Waals surface area contributed by atoms with Gasteiger partial charge in [0, 0.05) is 24.6 Å². The summed E-state index contributed by atoms with van der Waals surface area (Å²) in [6.07, 6.45) is 0.755. The van der Waals surface area contributed by atoms with E-state index in [0.717, 1.165) is 0 Å². The minimum Gasteiger partial charge on any atom is -0.504 e. The molecule has 1 aliphatic rings. The lowest BCUT2D eigenvalue weighted by molar-refractivity contribution is 0.0182. The fourth-order valence-electron chi connectivity index (χ4n) is 2.56. The fraction of sp³-hybridized carbons (Fsp3) is 0.529. The Hall–Kier alpha value is -2.24. The maximum Gasteiger partial charge on any atom is 0.410 e. The van der Waals surface area contributed by atoms with E-state index in [9.17, 15) is 19.8 Å². The number of carbonyl (C=O) groups is 2. The number of nitrogens with zero attached hydrogens (tertiary/aromatic N) is 1. The highest BCUT2D eigenvalue weighted by Crippen LogP contribution is 2.28. The predicted molar refractivity (Wildman–Crippen MR) is 84.6 cm³/mol. The molecule has 2 rings (SSSR count). The molecule has 0 spiro atoms. The third-order valence-electron chi connectivity index (χ3n) is 3.78. The van der Waals surface area contributed by atoms with Crippen molar-refractivity contribution in [3.05, 3.63) is 23.8 Å². The highest BCUT2D eigenvalue weighted by atomic mass is 16.6. The summed E-state index contributed by atoms with van der Waals surface area (Å²) in [5.41, 5.74) is -0.163. The molecule has 0 radical (unpaired) electrons. The van der Waals surface area contributed by atoms with Crippen LogP contribution in [-0.4, -0.2) is 45.7 Å². The van der Waals surface area contributed by atoms with Gasteiger partial charge in [-0.2, -0.15) is 0 Å². The molecule has 23 heavy (non-hydrogen) atoms. The summed E-state index contributed by atoms with van der Waals surface area (Å²) in [4.78, 5) is 26.1. The Balaban J connectivity index is 1.94. The molecular formula is C17H23NO5. The van der Waals surface area contributed by atoms with E-state index in [4.69, 9.17) is 4.74 Å². The maximum absolute atomic E-state index is 12.4. The van der Waals surface area contributed by atoms with E-state index < -0.39 is 5.60 Å². The molecule has 1 amide bonds. The van der Waals surface area contributed by atoms with Crippen molar-refractivity contribution in [3.8, 4) is 11.5 Å². The Labute approximate surface area is 135 Å². The highest BCUT2D eigenvalue weighted by molar-refractivity contribution is 5.98. The molecule has 0 aliphatic carbocycles. The second-order valence-electron chi connectivity index (χ2n) is 6.81. The molecule has 6 nitrogen and oxygen atoms in total. The van der Waals surface area contributed by atoms with Crippen molar-refractivity contribution in [2.75, 3.05) is 13.1 Å². The number of ketones is 1. The molecule has 1 aromatic carbocycles. The van der Waals surface area contributed by atoms with Crippen molar-refractivity contribution in [1.29, 1.82) is 0 Å². The number of benzene rings is 1. The van der Waals surface area contributed by atoms with Gasteiger partial charge in [0.2, 0.25) is 0 Å². The normalized spacial score (nSPS) is 16.2. The molecule has 0 atom stereocenters. The van der Waals surface area contributed by atoms with E-state index in [0.29, 0.717) is 31.5 Å². The number of piperidine rings is 1. The second kappa shape index (κ2) is 6.48. The Bertz CT molecular complexity index is 597. The Morgan fingerprint density at radius 2 is 1.74 bits per heavy atom. The van der Waals surface area contributed by atoms with Crippen LogP contribution in [-0.2, 0) is 4.74 Å². The number of likely N-dealkylation sites (tertiary alicyclic amines) is 1. The van der Waals surface area contributed by atoms with E-state index in [1.165, 1.54) is 18.2 Å². The smallest absolute Gasteiger partial charge is 0.410 e. The zero-order chi connectivity index (χ0) is 17.2. The van der Waals surface area contributed by atoms with Crippen molar-refractivity contribution >= 4 is 11.9 Å². The van der Waals surface area contributed by atoms with Crippen LogP contribution in [0.3, 0.4) is 0 Å². The number of hydrogen-bond acceptors (Lipinski definition) is 5. The van der Waals surface area contributed by atoms with E-state index in [1.54, 1.807) is 4.90 Å². The van der Waals surface area contributed by atoms with Crippen molar-refractivity contribution in [3.63, 3.8) is 0 Å². The molecule has 1 aliphatic heterocycles. The number of hydrogen-bond donors (Lipinski definition) is 2. The zero-order valence-corrected chi connectivity index (χ0v) is 13.7. The number of phenols is 2. The minimum atomic E-state index is -0.534. The van der Waals surface area contributed by atoms with Crippen LogP contribution in [0.2, 0.25) is 0 Å². The Kier molecular flexibility index (Phi) is 4.82. The number of amides is 1. The van der Waals surface area contributed by atoms with Crippen molar-refractivity contribution in [2.24, 2.45) is 5.92 Å². The van der Waals surface area contributed by atoms with E-state index in [2.05, 4.69) is 0 Å². The van der Waals surface area contributed by atoms with E-state index >= 15 is 0 Å². The van der Waals surface area contributed by atoms with Gasteiger partial charge in [-0.25, -0.2) is 4.79 Å². The first-order chi connectivity index (χ1) is 10.7. The highest BCUT2D eigenvalue weighted by Gasteiger charge is 2.30. The van der Waals surface area contributed by atoms with Gasteiger partial charge >= 0.3 is 6.09 Å². The van der Waals surface area contributed by atoms with Gasteiger partial charge in [-0.3, -0.25) is 4.79 Å². The van der Waals surface area contributed by atoms with Gasteiger partial charge in [0.05, 0.1) is 0 Å². The fourth-order valence-corrected chi connectivity index (χ4v) is 2.56. The molecule has 0 bridgehead atoms. The molecule has 126 valence electrons. The van der Waals surface area contributed by atoms with Gasteiger partial charge in [-0.05, 0) is 51.8 Å². The van der Waals surface area contributed by atoms with Gasteiger partial charge in [0.15, 0.2) is 17.3 Å². The summed E-state index contributed by atoms with van der Waals surface area (Å²) in [6, 6.07) is 4.08. The molecule has 1 aromatic rings. The van der Waals surface area contributed by atoms with Gasteiger partial charge in [0.1, 0.15) is 5.60 Å². The maximum atomic E-state index is 12.4. The molecule has 0 aromatic heterocycles. The van der Waals surface area contributed by atoms with Crippen LogP contribution in [0.25, 0.3) is 0 Å². The number of Topliss-reactive ketones (excluding diaryl/α,β-unsaturated/α-hetero) is 1. The minimum absolute atomic E-state index is 0.0795. The van der Waals surface area contributed by atoms with Crippen molar-refractivity contribution < 1.29 is 24.5 Å². The number of rotatable bonds is 2. The van der Waals surface area contributed by atoms with Crippen molar-refractivity contribution in [2.45, 2.75) is 39.2 Å². The van der Waals surface area contributed by atoms with Crippen LogP contribution in [0.1, 0.15) is 44.0 Å². The third-order valence-corrected chi connectivity index (χ3v) is 3.78. The lowest BCUT2D eigenvalue weighted by Crippen LogP contribution is -2.43. The number of ether oxygens (including phenoxy) is 1. The zero-order valence-electron chi connectivity index (χ0n) is 13.7. The van der Waals surface area contributed by atoms with Crippen LogP contribution in [0, 0.1) is 5.92 Å². The average molecular weight is 321 g/mol. The number of phenolic OH excluding ortho intramolecular Hbond substituents is 2. The lowest BCUT2D eigenvalue weighted by Gasteiger charge is -2.33. The standard InChI is InChI=1S/C17H23NO5/c1-17(2,3)23-16(22)18-8-6-11(7-9-18)15(21)12-4-5-13(19)14(20)10-12/h4-5,10-11,19-20H,6-9H2,1-3H3. The predicted octanol–water partition coefficient (Wildman–Crippen LogP) is 2.93. The molecule has 0 unspecified atom stereocenters. The van der Waals surface area contributed by atoms with E-state index in [-0.39, 0.29) is 29.3 Å². The number of aromatic hydroxyl groups is 2. The van der Waals surface area contributed by atoms with Gasteiger partial charge < -0.3 is 19.8 Å². The first-order valence-electron chi connectivity index (χ1n) is 7.71. The Morgan fingerprint density at radius 3 is 2.26 bits per heavy atom. The van der Waals surface area contributed by atoms with Crippen LogP contribution < -0.4 is 0 Å². The molecule has 6 heteroatoms. The summed E-state index contributed by atoms with van der Waals surface area (Å²) in [5.74, 6) is -0.829. The quantitative estimate of drug-likeness (QED) is 0.646. The molecule has 1 saturated heterocycles. The second-order valence-corrected chi connectivity index (χ2v) is 6.81. The summed E-state index contributed by atoms with van der Waals surface area (Å²) in [7, 11) is 0. The van der Waals surface area contributed by atoms with Crippen LogP contribution in [0.4, 0.5) is 4.79 Å². The van der Waals surface area contributed by atoms with Crippen molar-refractivity contribution in [1.82, 2.24) is 4.90 Å². The summed E-state index contributed by atoms with van der Waals surface area (Å²) in [6.45, 7) is 6.39. The average Bonchev–Trinajstić information content (AvgIpc) is 2.48. The number of carbonyl (C=O) groups excluding carboxylic acids is 2. The summed E-state index contributed by atoms with van der Waals surface area (Å²) in [5, 5.41) is 18.8. The molecule has 0 saturated carbocycles. The lowest BCUT2D eigenvalue weighted by atomic mass is 9.89. The molecular weight excluding hydrogens is 298 g/mol. The van der Waals surface area contributed by atoms with Crippen LogP contribution >= 0.6 is 0 Å². The SMILES string of the molecule is CC(C)(C)OC(=O)N1CCC(C(=O)c2ccc(O)c(O)c2)CC1. The summed E-state index contributed by atoms with van der Waals surface area (Å²) >= 11 is 0. The van der Waals surface area contributed by atoms with Gasteiger partial charge in [0.25, 0.3) is 0 Å². The molecule has 2 N–H and O–H groups in total. The largest absolute Gasteiger partial charge is 0.504 e. The first kappa shape index (κ1) is 17.1. The monoisotopic (exact) mass is 321 g/mol. The van der Waals surface area contributed by atoms with E-state index in [1.807, 2.05) is 20.8 Å². The summed E-state index contributed by atoms with van der Waals surface area (Å²) < 4.78 is 5.33. The topological polar surface area (TPSA) is 87.1 Å². The Morgan fingerprint density at radius 1 is 1.13 bits per heavy atom.